The lowest BCUT2D eigenvalue weighted by Gasteiger charge is -2.21. The van der Waals surface area contributed by atoms with Crippen LogP contribution in [0, 0.1) is 0 Å². The maximum absolute atomic E-state index is 12.7. The van der Waals surface area contributed by atoms with E-state index in [9.17, 15) is 14.4 Å². The van der Waals surface area contributed by atoms with Gasteiger partial charge in [0, 0.05) is 13.0 Å². The molecule has 152 valence electrons. The molecule has 1 aliphatic carbocycles. The summed E-state index contributed by atoms with van der Waals surface area (Å²) in [4.78, 5) is 38.5. The molecule has 1 saturated heterocycles. The van der Waals surface area contributed by atoms with Crippen LogP contribution in [0.25, 0.3) is 0 Å². The van der Waals surface area contributed by atoms with Crippen LogP contribution in [0.5, 0.6) is 5.75 Å². The molecule has 1 aliphatic heterocycles. The number of amides is 4. The van der Waals surface area contributed by atoms with Crippen LogP contribution in [-0.4, -0.2) is 41.9 Å². The highest BCUT2D eigenvalue weighted by Crippen LogP contribution is 2.35. The normalized spacial score (nSPS) is 18.5. The van der Waals surface area contributed by atoms with E-state index in [2.05, 4.69) is 31.4 Å². The summed E-state index contributed by atoms with van der Waals surface area (Å²) < 4.78 is 5.35. The molecule has 0 unspecified atom stereocenters. The maximum Gasteiger partial charge on any atom is 0.325 e. The van der Waals surface area contributed by atoms with E-state index in [1.165, 1.54) is 4.90 Å². The van der Waals surface area contributed by atoms with E-state index in [4.69, 9.17) is 4.74 Å². The number of hydrogen-bond donors (Lipinski definition) is 2. The molecule has 1 aromatic carbocycles. The number of nitrogens with zero attached hydrogens (tertiary/aromatic N) is 1. The number of carbonyl (C=O) groups is 3. The number of methoxy groups -OCH3 is 1. The first-order chi connectivity index (χ1) is 13.2. The van der Waals surface area contributed by atoms with Gasteiger partial charge in [0.25, 0.3) is 5.91 Å². The molecule has 0 radical (unpaired) electrons. The number of carbonyl (C=O) groups excluding carboxylic acids is 3. The van der Waals surface area contributed by atoms with E-state index in [1.807, 2.05) is 18.2 Å². The molecule has 7 heteroatoms. The molecule has 0 atom stereocenters. The van der Waals surface area contributed by atoms with Gasteiger partial charge in [0.2, 0.25) is 5.91 Å². The van der Waals surface area contributed by atoms with E-state index in [1.54, 1.807) is 7.11 Å². The van der Waals surface area contributed by atoms with Crippen LogP contribution in [0.2, 0.25) is 0 Å². The summed E-state index contributed by atoms with van der Waals surface area (Å²) in [6, 6.07) is 5.31. The SMILES string of the molecule is COc1ccc(C(C)(C)C)cc1NC(=O)CCN1C(=O)NC2(CCCC2)C1=O. The summed E-state index contributed by atoms with van der Waals surface area (Å²) in [5.41, 5.74) is 0.851. The Morgan fingerprint density at radius 1 is 1.25 bits per heavy atom. The Labute approximate surface area is 165 Å². The quantitative estimate of drug-likeness (QED) is 0.760. The Morgan fingerprint density at radius 3 is 2.54 bits per heavy atom. The third-order valence-corrected chi connectivity index (χ3v) is 5.61. The van der Waals surface area contributed by atoms with E-state index in [0.717, 1.165) is 18.4 Å². The summed E-state index contributed by atoms with van der Waals surface area (Å²) in [7, 11) is 1.55. The smallest absolute Gasteiger partial charge is 0.325 e. The van der Waals surface area contributed by atoms with Gasteiger partial charge in [-0.15, -0.1) is 0 Å². The Kier molecular flexibility index (Phi) is 5.37. The number of rotatable bonds is 5. The molecule has 4 amide bonds. The van der Waals surface area contributed by atoms with Crippen molar-refractivity contribution in [1.29, 1.82) is 0 Å². The standard InChI is InChI=1S/C21H29N3O4/c1-20(2,3)14-7-8-16(28-4)15(13-14)22-17(25)9-12-24-18(26)21(23-19(24)27)10-5-6-11-21/h7-8,13H,5-6,9-12H2,1-4H3,(H,22,25)(H,23,27). The fourth-order valence-corrected chi connectivity index (χ4v) is 3.89. The predicted molar refractivity (Wildman–Crippen MR) is 106 cm³/mol. The van der Waals surface area contributed by atoms with Gasteiger partial charge in [-0.1, -0.05) is 39.7 Å². The highest BCUT2D eigenvalue weighted by molar-refractivity contribution is 6.07. The molecule has 2 fully saturated rings. The van der Waals surface area contributed by atoms with Gasteiger partial charge in [0.15, 0.2) is 0 Å². The van der Waals surface area contributed by atoms with Gasteiger partial charge in [-0.25, -0.2) is 4.79 Å². The van der Waals surface area contributed by atoms with Crippen molar-refractivity contribution in [3.63, 3.8) is 0 Å². The fourth-order valence-electron chi connectivity index (χ4n) is 3.89. The molecule has 1 heterocycles. The third-order valence-electron chi connectivity index (χ3n) is 5.61. The van der Waals surface area contributed by atoms with Crippen LogP contribution >= 0.6 is 0 Å². The second-order valence-corrected chi connectivity index (χ2v) is 8.64. The van der Waals surface area contributed by atoms with Crippen molar-refractivity contribution in [2.75, 3.05) is 19.0 Å². The molecule has 7 nitrogen and oxygen atoms in total. The number of urea groups is 1. The van der Waals surface area contributed by atoms with Gasteiger partial charge in [-0.05, 0) is 36.0 Å². The fraction of sp³-hybridized carbons (Fsp3) is 0.571. The molecule has 1 spiro atoms. The van der Waals surface area contributed by atoms with E-state index >= 15 is 0 Å². The lowest BCUT2D eigenvalue weighted by Crippen LogP contribution is -2.44. The molecule has 2 N–H and O–H groups in total. The zero-order valence-electron chi connectivity index (χ0n) is 17.1. The number of nitrogens with one attached hydrogen (secondary N) is 2. The van der Waals surface area contributed by atoms with Crippen molar-refractivity contribution in [3.05, 3.63) is 23.8 Å². The van der Waals surface area contributed by atoms with Gasteiger partial charge in [-0.2, -0.15) is 0 Å². The van der Waals surface area contributed by atoms with Crippen molar-refractivity contribution in [1.82, 2.24) is 10.2 Å². The van der Waals surface area contributed by atoms with Crippen molar-refractivity contribution in [3.8, 4) is 5.75 Å². The summed E-state index contributed by atoms with van der Waals surface area (Å²) in [5.74, 6) is 0.105. The van der Waals surface area contributed by atoms with Crippen LogP contribution < -0.4 is 15.4 Å². The van der Waals surface area contributed by atoms with Gasteiger partial charge in [-0.3, -0.25) is 14.5 Å². The van der Waals surface area contributed by atoms with Crippen LogP contribution in [0.4, 0.5) is 10.5 Å². The Morgan fingerprint density at radius 2 is 1.93 bits per heavy atom. The van der Waals surface area contributed by atoms with Crippen LogP contribution in [-0.2, 0) is 15.0 Å². The molecule has 1 saturated carbocycles. The first kappa shape index (κ1) is 20.2. The van der Waals surface area contributed by atoms with Gasteiger partial charge in [0.05, 0.1) is 12.8 Å². The Balaban J connectivity index is 1.65. The van der Waals surface area contributed by atoms with E-state index < -0.39 is 11.6 Å². The largest absolute Gasteiger partial charge is 0.495 e. The summed E-state index contributed by atoms with van der Waals surface area (Å²) >= 11 is 0. The molecule has 0 aromatic heterocycles. The maximum atomic E-state index is 12.7. The average molecular weight is 387 g/mol. The number of benzene rings is 1. The lowest BCUT2D eigenvalue weighted by atomic mass is 9.87. The first-order valence-electron chi connectivity index (χ1n) is 9.79. The highest BCUT2D eigenvalue weighted by Gasteiger charge is 2.52. The molecule has 1 aromatic rings. The minimum Gasteiger partial charge on any atom is -0.495 e. The zero-order chi connectivity index (χ0) is 20.5. The minimum absolute atomic E-state index is 0.0398. The lowest BCUT2D eigenvalue weighted by molar-refractivity contribution is -0.131. The zero-order valence-corrected chi connectivity index (χ0v) is 17.1. The van der Waals surface area contributed by atoms with Crippen LogP contribution in [0.15, 0.2) is 18.2 Å². The second kappa shape index (κ2) is 7.45. The minimum atomic E-state index is -0.738. The Hall–Kier alpha value is -2.57. The van der Waals surface area contributed by atoms with Crippen LogP contribution in [0.1, 0.15) is 58.4 Å². The predicted octanol–water partition coefficient (Wildman–Crippen LogP) is 3.19. The van der Waals surface area contributed by atoms with Crippen molar-refractivity contribution >= 4 is 23.5 Å². The average Bonchev–Trinajstić information content (AvgIpc) is 3.18. The molecule has 2 aliphatic rings. The molecule has 28 heavy (non-hydrogen) atoms. The summed E-state index contributed by atoms with van der Waals surface area (Å²) in [6.07, 6.45) is 3.26. The summed E-state index contributed by atoms with van der Waals surface area (Å²) in [5, 5.41) is 5.69. The third kappa shape index (κ3) is 3.84. The molecule has 0 bridgehead atoms. The van der Waals surface area contributed by atoms with Crippen molar-refractivity contribution in [2.45, 2.75) is 63.8 Å². The molecule has 3 rings (SSSR count). The van der Waals surface area contributed by atoms with Gasteiger partial charge >= 0.3 is 6.03 Å². The number of hydrogen-bond acceptors (Lipinski definition) is 4. The number of anilines is 1. The number of ether oxygens (including phenoxy) is 1. The molecular weight excluding hydrogens is 358 g/mol. The van der Waals surface area contributed by atoms with Crippen molar-refractivity contribution in [2.24, 2.45) is 0 Å². The van der Waals surface area contributed by atoms with E-state index in [-0.39, 0.29) is 30.2 Å². The van der Waals surface area contributed by atoms with E-state index in [0.29, 0.717) is 24.3 Å². The van der Waals surface area contributed by atoms with Crippen LogP contribution in [0.3, 0.4) is 0 Å². The first-order valence-corrected chi connectivity index (χ1v) is 9.79. The Bertz CT molecular complexity index is 791. The second-order valence-electron chi connectivity index (χ2n) is 8.64. The number of imide groups is 1. The molecular formula is C21H29N3O4. The summed E-state index contributed by atoms with van der Waals surface area (Å²) in [6.45, 7) is 6.35. The van der Waals surface area contributed by atoms with Gasteiger partial charge in [0.1, 0.15) is 11.3 Å². The van der Waals surface area contributed by atoms with Crippen molar-refractivity contribution < 1.29 is 19.1 Å². The van der Waals surface area contributed by atoms with Gasteiger partial charge < -0.3 is 15.4 Å². The topological polar surface area (TPSA) is 87.7 Å². The highest BCUT2D eigenvalue weighted by atomic mass is 16.5. The monoisotopic (exact) mass is 387 g/mol.